The molecule has 2 bridgehead atoms. The van der Waals surface area contributed by atoms with Crippen LogP contribution in [0.15, 0.2) is 18.0 Å². The number of allylic oxidation sites excluding steroid dienone is 1. The molecule has 1 saturated heterocycles. The summed E-state index contributed by atoms with van der Waals surface area (Å²) < 4.78 is 20.5. The number of fused-ring (bicyclic) bond motifs is 3. The fourth-order valence-electron chi connectivity index (χ4n) is 12.2. The summed E-state index contributed by atoms with van der Waals surface area (Å²) in [7, 11) is 1.34. The maximum absolute atomic E-state index is 13.5. The molecule has 4 aliphatic carbocycles. The maximum atomic E-state index is 13.5. The van der Waals surface area contributed by atoms with Crippen LogP contribution in [0.3, 0.4) is 0 Å². The van der Waals surface area contributed by atoms with Crippen LogP contribution in [0.2, 0.25) is 0 Å². The number of carboxylic acid groups (broad SMARTS) is 1. The van der Waals surface area contributed by atoms with Crippen molar-refractivity contribution in [2.75, 3.05) is 26.9 Å². The Morgan fingerprint density at radius 2 is 1.80 bits per heavy atom. The van der Waals surface area contributed by atoms with Crippen molar-refractivity contribution in [2.45, 2.75) is 125 Å². The molecule has 3 saturated carbocycles. The Bertz CT molecular complexity index is 1520. The number of esters is 1. The first-order valence-corrected chi connectivity index (χ1v) is 19.1. The molecule has 2 heterocycles. The van der Waals surface area contributed by atoms with Crippen molar-refractivity contribution in [1.29, 1.82) is 0 Å². The summed E-state index contributed by atoms with van der Waals surface area (Å²) in [6, 6.07) is -0.219. The van der Waals surface area contributed by atoms with Gasteiger partial charge >= 0.3 is 11.9 Å². The van der Waals surface area contributed by atoms with Gasteiger partial charge in [0.05, 0.1) is 45.0 Å². The summed E-state index contributed by atoms with van der Waals surface area (Å²) in [5, 5.41) is 15.8. The number of carboxylic acids is 1. The monoisotopic (exact) mass is 696 g/mol. The zero-order valence-corrected chi connectivity index (χ0v) is 32.5. The summed E-state index contributed by atoms with van der Waals surface area (Å²) in [5.41, 5.74) is 6.19. The summed E-state index contributed by atoms with van der Waals surface area (Å²) in [6.07, 6.45) is 9.26. The van der Waals surface area contributed by atoms with Crippen LogP contribution in [0, 0.1) is 62.6 Å². The number of aliphatic carboxylic acids is 1. The lowest BCUT2D eigenvalue weighted by molar-refractivity contribution is -0.252. The van der Waals surface area contributed by atoms with E-state index in [1.807, 2.05) is 11.6 Å². The van der Waals surface area contributed by atoms with E-state index in [0.717, 1.165) is 38.5 Å². The lowest BCUT2D eigenvalue weighted by atomic mass is 9.34. The highest BCUT2D eigenvalue weighted by Gasteiger charge is 2.72. The van der Waals surface area contributed by atoms with Gasteiger partial charge in [-0.25, -0.2) is 14.5 Å². The molecule has 50 heavy (non-hydrogen) atoms. The van der Waals surface area contributed by atoms with E-state index in [1.165, 1.54) is 12.7 Å². The summed E-state index contributed by atoms with van der Waals surface area (Å²) in [5.74, 6) is -0.173. The van der Waals surface area contributed by atoms with Crippen molar-refractivity contribution in [2.24, 2.45) is 68.3 Å². The summed E-state index contributed by atoms with van der Waals surface area (Å²) >= 11 is 0. The molecule has 0 amide bonds. The van der Waals surface area contributed by atoms with Crippen LogP contribution in [0.5, 0.6) is 0 Å². The molecule has 10 heteroatoms. The SMILES string of the molecule is COC(=O)c1ncn([C@@H]2C[C@@]34COC[C@@](C)([C@@H]3CC[C@H]3C4=CC[C@@]4(C)[C@H](C(=O)O)[C@@](C)([C@H](C)C(C)C)CC[C@]34C)[C@H]2OC[C@](C)(N)C(C)C)n1. The van der Waals surface area contributed by atoms with Gasteiger partial charge in [0.1, 0.15) is 6.33 Å². The lowest BCUT2D eigenvalue weighted by Gasteiger charge is -2.71. The highest BCUT2D eigenvalue weighted by Crippen LogP contribution is 2.75. The summed E-state index contributed by atoms with van der Waals surface area (Å²) in [6.45, 7) is 23.9. The molecule has 4 fully saturated rings. The molecule has 1 aromatic heterocycles. The normalized spacial score (nSPS) is 42.8. The highest BCUT2D eigenvalue weighted by atomic mass is 16.5. The Morgan fingerprint density at radius 1 is 1.10 bits per heavy atom. The van der Waals surface area contributed by atoms with Gasteiger partial charge < -0.3 is 25.1 Å². The van der Waals surface area contributed by atoms with E-state index in [1.54, 1.807) is 6.33 Å². The maximum Gasteiger partial charge on any atom is 0.377 e. The standard InChI is InChI=1S/C40H64N4O6/c1-23(2)25(5)35(6)16-17-37(8)26-12-13-29-36(7)19-49-21-40(29,27(26)14-15-38(37,9)30(35)33(45)46)18-28(31(36)50-20-39(10,41)24(3)4)44-22-42-32(43-44)34(47)48-11/h14,22-26,28-31H,12-13,15-21,41H2,1-11H3,(H,45,46)/t25-,26+,28-,29+,30-,31+,35-,36+,37-,38+,39+,40+/m1/s1. The molecule has 280 valence electrons. The van der Waals surface area contributed by atoms with Gasteiger partial charge in [-0.2, -0.15) is 0 Å². The molecule has 1 aromatic rings. The topological polar surface area (TPSA) is 139 Å². The van der Waals surface area contributed by atoms with Crippen LogP contribution in [0.25, 0.3) is 0 Å². The fourth-order valence-corrected chi connectivity index (χ4v) is 12.2. The molecule has 5 aliphatic rings. The van der Waals surface area contributed by atoms with Crippen molar-refractivity contribution in [3.63, 3.8) is 0 Å². The van der Waals surface area contributed by atoms with Gasteiger partial charge in [0, 0.05) is 16.4 Å². The molecular formula is C40H64N4O6. The van der Waals surface area contributed by atoms with E-state index in [0.29, 0.717) is 31.7 Å². The van der Waals surface area contributed by atoms with Crippen LogP contribution in [0.4, 0.5) is 0 Å². The number of hydrogen-bond acceptors (Lipinski definition) is 8. The molecular weight excluding hydrogens is 632 g/mol. The number of nitrogens with zero attached hydrogens (tertiary/aromatic N) is 3. The number of nitrogens with two attached hydrogens (primary N) is 1. The zero-order chi connectivity index (χ0) is 36.8. The molecule has 10 nitrogen and oxygen atoms in total. The highest BCUT2D eigenvalue weighted by molar-refractivity contribution is 5.84. The van der Waals surface area contributed by atoms with Gasteiger partial charge in [-0.15, -0.1) is 5.10 Å². The minimum absolute atomic E-state index is 0.0329. The first kappa shape index (κ1) is 37.5. The largest absolute Gasteiger partial charge is 0.481 e. The van der Waals surface area contributed by atoms with Crippen molar-refractivity contribution >= 4 is 11.9 Å². The predicted molar refractivity (Wildman–Crippen MR) is 191 cm³/mol. The third-order valence-electron chi connectivity index (χ3n) is 16.2. The average molecular weight is 697 g/mol. The van der Waals surface area contributed by atoms with Gasteiger partial charge in [0.25, 0.3) is 5.82 Å². The molecule has 3 N–H and O–H groups in total. The molecule has 0 spiro atoms. The Hall–Kier alpha value is -2.30. The Morgan fingerprint density at radius 3 is 2.42 bits per heavy atom. The number of aromatic nitrogens is 3. The van der Waals surface area contributed by atoms with Crippen molar-refractivity contribution in [3.05, 3.63) is 23.8 Å². The Balaban J connectivity index is 1.46. The van der Waals surface area contributed by atoms with Crippen molar-refractivity contribution < 1.29 is 28.9 Å². The molecule has 12 atom stereocenters. The van der Waals surface area contributed by atoms with Gasteiger partial charge in [0.2, 0.25) is 0 Å². The smallest absolute Gasteiger partial charge is 0.377 e. The molecule has 0 unspecified atom stereocenters. The van der Waals surface area contributed by atoms with Gasteiger partial charge in [-0.3, -0.25) is 4.79 Å². The minimum Gasteiger partial charge on any atom is -0.481 e. The zero-order valence-electron chi connectivity index (χ0n) is 32.5. The van der Waals surface area contributed by atoms with Gasteiger partial charge in [-0.05, 0) is 91.3 Å². The van der Waals surface area contributed by atoms with E-state index >= 15 is 0 Å². The second-order valence-corrected chi connectivity index (χ2v) is 19.0. The molecule has 0 aromatic carbocycles. The third kappa shape index (κ3) is 5.19. The number of rotatable bonds is 9. The quantitative estimate of drug-likeness (QED) is 0.207. The molecule has 0 radical (unpaired) electrons. The third-order valence-corrected chi connectivity index (χ3v) is 16.2. The number of methoxy groups -OCH3 is 1. The van der Waals surface area contributed by atoms with E-state index in [2.05, 4.69) is 73.4 Å². The minimum atomic E-state index is -0.649. The van der Waals surface area contributed by atoms with Crippen LogP contribution in [-0.2, 0) is 19.0 Å². The predicted octanol–water partition coefficient (Wildman–Crippen LogP) is 6.95. The number of ether oxygens (including phenoxy) is 3. The van der Waals surface area contributed by atoms with Crippen molar-refractivity contribution in [1.82, 2.24) is 14.8 Å². The van der Waals surface area contributed by atoms with E-state index in [9.17, 15) is 14.7 Å². The lowest BCUT2D eigenvalue weighted by Crippen LogP contribution is -2.69. The number of hydrogen-bond donors (Lipinski definition) is 2. The summed E-state index contributed by atoms with van der Waals surface area (Å²) in [4.78, 5) is 30.4. The van der Waals surface area contributed by atoms with E-state index < -0.39 is 28.8 Å². The Labute approximate surface area is 299 Å². The Kier molecular flexibility index (Phi) is 9.29. The first-order chi connectivity index (χ1) is 23.2. The van der Waals surface area contributed by atoms with Crippen LogP contribution < -0.4 is 5.73 Å². The van der Waals surface area contributed by atoms with Crippen molar-refractivity contribution in [3.8, 4) is 0 Å². The second kappa shape index (κ2) is 12.4. The molecule has 1 aliphatic heterocycles. The molecule has 6 rings (SSSR count). The fraction of sp³-hybridized carbons (Fsp3) is 0.850. The number of carbonyl (C=O) groups is 2. The van der Waals surface area contributed by atoms with Crippen LogP contribution >= 0.6 is 0 Å². The van der Waals surface area contributed by atoms with Gasteiger partial charge in [0.15, 0.2) is 0 Å². The van der Waals surface area contributed by atoms with E-state index in [-0.39, 0.29) is 57.4 Å². The van der Waals surface area contributed by atoms with Gasteiger partial charge in [-0.1, -0.05) is 74.0 Å². The average Bonchev–Trinajstić information content (AvgIpc) is 3.54. The first-order valence-electron chi connectivity index (χ1n) is 19.1. The second-order valence-electron chi connectivity index (χ2n) is 19.0. The van der Waals surface area contributed by atoms with Crippen LogP contribution in [0.1, 0.15) is 124 Å². The number of carbonyl (C=O) groups excluding carboxylic acids is 1. The van der Waals surface area contributed by atoms with Crippen LogP contribution in [-0.4, -0.2) is 70.4 Å². The van der Waals surface area contributed by atoms with E-state index in [4.69, 9.17) is 25.0 Å².